The largest absolute Gasteiger partial charge is 0.508 e. The predicted octanol–water partition coefficient (Wildman–Crippen LogP) is 3.34. The molecule has 0 spiro atoms. The molecule has 0 aliphatic rings. The number of aromatic hydroxyl groups is 1. The van der Waals surface area contributed by atoms with E-state index < -0.39 is 5.97 Å². The zero-order valence-corrected chi connectivity index (χ0v) is 10.2. The van der Waals surface area contributed by atoms with Gasteiger partial charge in [0.1, 0.15) is 5.75 Å². The van der Waals surface area contributed by atoms with E-state index >= 15 is 0 Å². The fourth-order valence-electron chi connectivity index (χ4n) is 1.31. The molecule has 0 fully saturated rings. The van der Waals surface area contributed by atoms with Crippen molar-refractivity contribution in [2.45, 2.75) is 13.3 Å². The van der Waals surface area contributed by atoms with Gasteiger partial charge in [-0.15, -0.1) is 0 Å². The molecule has 2 N–H and O–H groups in total. The van der Waals surface area contributed by atoms with Crippen LogP contribution in [-0.4, -0.2) is 16.2 Å². The normalized spacial score (nSPS) is 9.17. The standard InChI is InChI=1S/C8H10O.C7H6O2/c1-2-7-3-5-8(9)6-4-7;8-7(9)6-4-2-1-3-5-6/h3-6,9H,2H2,1H3;1-5H,(H,8,9). The first-order chi connectivity index (χ1) is 8.63. The quantitative estimate of drug-likeness (QED) is 0.851. The van der Waals surface area contributed by atoms with E-state index in [9.17, 15) is 4.79 Å². The van der Waals surface area contributed by atoms with Gasteiger partial charge in [0.15, 0.2) is 0 Å². The van der Waals surface area contributed by atoms with Crippen molar-refractivity contribution in [1.82, 2.24) is 0 Å². The van der Waals surface area contributed by atoms with E-state index in [0.717, 1.165) is 6.42 Å². The van der Waals surface area contributed by atoms with Crippen molar-refractivity contribution in [3.63, 3.8) is 0 Å². The topological polar surface area (TPSA) is 57.5 Å². The van der Waals surface area contributed by atoms with Crippen LogP contribution in [0.3, 0.4) is 0 Å². The summed E-state index contributed by atoms with van der Waals surface area (Å²) < 4.78 is 0. The molecule has 0 radical (unpaired) electrons. The van der Waals surface area contributed by atoms with Crippen molar-refractivity contribution >= 4 is 5.97 Å². The second-order valence-corrected chi connectivity index (χ2v) is 3.69. The molecular formula is C15H16O3. The summed E-state index contributed by atoms with van der Waals surface area (Å²) in [6.07, 6.45) is 1.03. The van der Waals surface area contributed by atoms with Gasteiger partial charge in [-0.3, -0.25) is 0 Å². The van der Waals surface area contributed by atoms with Crippen LogP contribution in [-0.2, 0) is 6.42 Å². The Bertz CT molecular complexity index is 475. The average molecular weight is 244 g/mol. The average Bonchev–Trinajstić information content (AvgIpc) is 2.41. The van der Waals surface area contributed by atoms with E-state index in [1.165, 1.54) is 5.56 Å². The molecule has 94 valence electrons. The summed E-state index contributed by atoms with van der Waals surface area (Å²) in [5, 5.41) is 17.2. The van der Waals surface area contributed by atoms with Crippen molar-refractivity contribution in [2.75, 3.05) is 0 Å². The maximum Gasteiger partial charge on any atom is 0.335 e. The number of phenols is 1. The molecule has 3 nitrogen and oxygen atoms in total. The zero-order valence-electron chi connectivity index (χ0n) is 10.2. The first-order valence-corrected chi connectivity index (χ1v) is 5.69. The lowest BCUT2D eigenvalue weighted by Gasteiger charge is -1.93. The summed E-state index contributed by atoms with van der Waals surface area (Å²) in [6.45, 7) is 2.09. The van der Waals surface area contributed by atoms with Crippen molar-refractivity contribution in [3.05, 3.63) is 65.7 Å². The monoisotopic (exact) mass is 244 g/mol. The van der Waals surface area contributed by atoms with Crippen LogP contribution in [0.25, 0.3) is 0 Å². The highest BCUT2D eigenvalue weighted by molar-refractivity contribution is 5.87. The van der Waals surface area contributed by atoms with Gasteiger partial charge < -0.3 is 10.2 Å². The summed E-state index contributed by atoms with van der Waals surface area (Å²) in [6, 6.07) is 15.6. The van der Waals surface area contributed by atoms with Gasteiger partial charge >= 0.3 is 5.97 Å². The minimum atomic E-state index is -0.879. The van der Waals surface area contributed by atoms with Gasteiger partial charge in [0.25, 0.3) is 0 Å². The molecule has 0 bridgehead atoms. The van der Waals surface area contributed by atoms with E-state index in [0.29, 0.717) is 11.3 Å². The molecule has 3 heteroatoms. The van der Waals surface area contributed by atoms with Crippen LogP contribution in [0.5, 0.6) is 5.75 Å². The Labute approximate surface area is 106 Å². The molecule has 0 aliphatic carbocycles. The lowest BCUT2D eigenvalue weighted by atomic mass is 10.2. The van der Waals surface area contributed by atoms with Gasteiger partial charge in [0.05, 0.1) is 5.56 Å². The number of rotatable bonds is 2. The van der Waals surface area contributed by atoms with Gasteiger partial charge in [-0.25, -0.2) is 4.79 Å². The van der Waals surface area contributed by atoms with Crippen LogP contribution < -0.4 is 0 Å². The molecule has 2 aromatic rings. The number of hydrogen-bond donors (Lipinski definition) is 2. The Morgan fingerprint density at radius 3 is 1.94 bits per heavy atom. The summed E-state index contributed by atoms with van der Waals surface area (Å²) >= 11 is 0. The van der Waals surface area contributed by atoms with Crippen LogP contribution in [0, 0.1) is 0 Å². The first-order valence-electron chi connectivity index (χ1n) is 5.69. The molecule has 0 amide bonds. The van der Waals surface area contributed by atoms with E-state index in [2.05, 4.69) is 6.92 Å². The highest BCUT2D eigenvalue weighted by Gasteiger charge is 1.96. The van der Waals surface area contributed by atoms with Crippen LogP contribution >= 0.6 is 0 Å². The molecular weight excluding hydrogens is 228 g/mol. The number of phenolic OH excluding ortho intramolecular Hbond substituents is 1. The highest BCUT2D eigenvalue weighted by Crippen LogP contribution is 2.09. The third-order valence-electron chi connectivity index (χ3n) is 2.37. The molecule has 0 aliphatic heterocycles. The second-order valence-electron chi connectivity index (χ2n) is 3.69. The Hall–Kier alpha value is -2.29. The number of carboxylic acids is 1. The number of hydrogen-bond acceptors (Lipinski definition) is 2. The molecule has 0 heterocycles. The summed E-state index contributed by atoms with van der Waals surface area (Å²) in [5.74, 6) is -0.539. The molecule has 0 aromatic heterocycles. The molecule has 0 unspecified atom stereocenters. The third-order valence-corrected chi connectivity index (χ3v) is 2.37. The number of aromatic carboxylic acids is 1. The second kappa shape index (κ2) is 7.12. The fraction of sp³-hybridized carbons (Fsp3) is 0.133. The minimum absolute atomic E-state index is 0.331. The zero-order chi connectivity index (χ0) is 13.4. The van der Waals surface area contributed by atoms with Gasteiger partial charge in [-0.05, 0) is 36.2 Å². The summed E-state index contributed by atoms with van der Waals surface area (Å²) in [7, 11) is 0. The molecule has 18 heavy (non-hydrogen) atoms. The van der Waals surface area contributed by atoms with Crippen LogP contribution in [0.15, 0.2) is 54.6 Å². The van der Waals surface area contributed by atoms with Gasteiger partial charge in [-0.2, -0.15) is 0 Å². The Morgan fingerprint density at radius 2 is 1.56 bits per heavy atom. The van der Waals surface area contributed by atoms with Crippen molar-refractivity contribution in [2.24, 2.45) is 0 Å². The van der Waals surface area contributed by atoms with Crippen molar-refractivity contribution in [1.29, 1.82) is 0 Å². The third kappa shape index (κ3) is 4.70. The first kappa shape index (κ1) is 13.8. The summed E-state index contributed by atoms with van der Waals surface area (Å²) in [5.41, 5.74) is 1.59. The smallest absolute Gasteiger partial charge is 0.335 e. The predicted molar refractivity (Wildman–Crippen MR) is 70.9 cm³/mol. The lowest BCUT2D eigenvalue weighted by Crippen LogP contribution is -1.93. The number of carboxylic acid groups (broad SMARTS) is 1. The number of benzene rings is 2. The van der Waals surface area contributed by atoms with Crippen molar-refractivity contribution in [3.8, 4) is 5.75 Å². The molecule has 2 aromatic carbocycles. The van der Waals surface area contributed by atoms with E-state index in [1.807, 2.05) is 12.1 Å². The Morgan fingerprint density at radius 1 is 1.00 bits per heavy atom. The van der Waals surface area contributed by atoms with Gasteiger partial charge in [0.2, 0.25) is 0 Å². The van der Waals surface area contributed by atoms with Crippen LogP contribution in [0.2, 0.25) is 0 Å². The SMILES string of the molecule is CCc1ccc(O)cc1.O=C(O)c1ccccc1. The lowest BCUT2D eigenvalue weighted by molar-refractivity contribution is 0.0697. The highest BCUT2D eigenvalue weighted by atomic mass is 16.4. The maximum atomic E-state index is 10.2. The van der Waals surface area contributed by atoms with Crippen LogP contribution in [0.4, 0.5) is 0 Å². The van der Waals surface area contributed by atoms with Crippen LogP contribution in [0.1, 0.15) is 22.8 Å². The fourth-order valence-corrected chi connectivity index (χ4v) is 1.31. The van der Waals surface area contributed by atoms with E-state index in [-0.39, 0.29) is 0 Å². The summed E-state index contributed by atoms with van der Waals surface area (Å²) in [4.78, 5) is 10.2. The molecule has 0 atom stereocenters. The van der Waals surface area contributed by atoms with E-state index in [4.69, 9.17) is 10.2 Å². The van der Waals surface area contributed by atoms with Crippen molar-refractivity contribution < 1.29 is 15.0 Å². The maximum absolute atomic E-state index is 10.2. The molecule has 0 saturated carbocycles. The van der Waals surface area contributed by atoms with Gasteiger partial charge in [-0.1, -0.05) is 37.3 Å². The Balaban J connectivity index is 0.000000180. The number of carbonyl (C=O) groups is 1. The van der Waals surface area contributed by atoms with Gasteiger partial charge in [0, 0.05) is 0 Å². The number of aryl methyl sites for hydroxylation is 1. The molecule has 2 rings (SSSR count). The minimum Gasteiger partial charge on any atom is -0.508 e. The van der Waals surface area contributed by atoms with E-state index in [1.54, 1.807) is 42.5 Å². The molecule has 0 saturated heterocycles. The Kier molecular flexibility index (Phi) is 5.45.